The van der Waals surface area contributed by atoms with E-state index in [0.717, 1.165) is 25.7 Å². The highest BCUT2D eigenvalue weighted by molar-refractivity contribution is 5.27. The average molecular weight is 933 g/mol. The van der Waals surface area contributed by atoms with Gasteiger partial charge in [-0.2, -0.15) is 0 Å². The summed E-state index contributed by atoms with van der Waals surface area (Å²) in [5, 5.41) is 129. The standard InChI is InChI=1S/C45H72O20/c1-17-11-26(49)45(58-16-17)18(2)27-38(65-45)31(52)28-21-6-5-19-12-20(7-9-43(19,3)22(21)8-10-44(27,28)4)59-40-36(57)34(55)37(25(15-48)62-40)63-42-39(33(54)30(51)24(14-47)61-42)64-41-35(56)32(53)29(50)23(13-46)60-41/h5,17-18,20-42,46-57H,6-16H2,1-4H3/t17-,18+,20+,21-,22+,23-,24-,25-,26+,27+,28-,29-,30-,31-,32+,33+,34-,35-,36-,37+,38-,39-,40-,41+,42+,43+,44-,45+/m1/s1. The number of allylic oxidation sites excluding steroid dienone is 1. The molecule has 8 fully saturated rings. The van der Waals surface area contributed by atoms with Crippen molar-refractivity contribution in [3.63, 3.8) is 0 Å². The minimum atomic E-state index is -1.91. The minimum Gasteiger partial charge on any atom is -0.394 e. The SMILES string of the molecule is C[C@H]1CO[C@@]2(O[C@H]3[C@H](O)[C@H]4[C@@H]5CC=C6C[C@@H](O[C@@H]7O[C@H](CO)[C@H](O[C@@H]8O[C@H](CO)[C@@H](O)[C@H](O)[C@H]8O[C@@H]8O[C@H](CO)[C@@H](O)[C@H](O)[C@H]8O)[C@H](O)[C@H]7O)CC[C@]6(C)[C@H]5CC[C@]4(C)[C@H]3[C@@H]2C)[C@@H](O)C1. The van der Waals surface area contributed by atoms with E-state index < -0.39 is 142 Å². The van der Waals surface area contributed by atoms with Gasteiger partial charge in [-0.3, -0.25) is 0 Å². The highest BCUT2D eigenvalue weighted by Crippen LogP contribution is 2.70. The van der Waals surface area contributed by atoms with Gasteiger partial charge in [0.15, 0.2) is 24.7 Å². The van der Waals surface area contributed by atoms with Crippen molar-refractivity contribution < 1.29 is 99.2 Å². The topological polar surface area (TPSA) is 317 Å². The Labute approximate surface area is 377 Å². The summed E-state index contributed by atoms with van der Waals surface area (Å²) in [6.07, 6.45) is -20.0. The predicted molar refractivity (Wildman–Crippen MR) is 218 cm³/mol. The highest BCUT2D eigenvalue weighted by Gasteiger charge is 2.73. The smallest absolute Gasteiger partial charge is 0.197 e. The van der Waals surface area contributed by atoms with E-state index in [9.17, 15) is 61.3 Å². The quantitative estimate of drug-likeness (QED) is 0.103. The second-order valence-electron chi connectivity index (χ2n) is 21.3. The molecule has 0 bridgehead atoms. The summed E-state index contributed by atoms with van der Waals surface area (Å²) in [4.78, 5) is 0. The molecule has 372 valence electrons. The molecular formula is C45H72O20. The molecule has 20 nitrogen and oxygen atoms in total. The van der Waals surface area contributed by atoms with Crippen LogP contribution in [0.3, 0.4) is 0 Å². The summed E-state index contributed by atoms with van der Waals surface area (Å²) in [7, 11) is 0. The van der Waals surface area contributed by atoms with Crippen LogP contribution in [0.4, 0.5) is 0 Å². The normalized spacial score (nSPS) is 57.8. The first-order valence-corrected chi connectivity index (χ1v) is 23.7. The Morgan fingerprint density at radius 2 is 1.25 bits per heavy atom. The number of hydrogen-bond donors (Lipinski definition) is 12. The maximum Gasteiger partial charge on any atom is 0.197 e. The number of aliphatic hydroxyl groups is 12. The zero-order valence-corrected chi connectivity index (χ0v) is 37.4. The molecule has 0 amide bonds. The molecule has 0 aromatic heterocycles. The van der Waals surface area contributed by atoms with Gasteiger partial charge >= 0.3 is 0 Å². The van der Waals surface area contributed by atoms with Gasteiger partial charge in [-0.25, -0.2) is 0 Å². The lowest BCUT2D eigenvalue weighted by Gasteiger charge is -2.59. The van der Waals surface area contributed by atoms with Crippen LogP contribution in [0.25, 0.3) is 0 Å². The summed E-state index contributed by atoms with van der Waals surface area (Å²) in [6.45, 7) is 6.99. The number of aliphatic hydroxyl groups excluding tert-OH is 12. The molecule has 65 heavy (non-hydrogen) atoms. The molecule has 1 spiro atoms. The van der Waals surface area contributed by atoms with Gasteiger partial charge in [0.25, 0.3) is 0 Å². The lowest BCUT2D eigenvalue weighted by atomic mass is 9.46. The second kappa shape index (κ2) is 18.3. The zero-order chi connectivity index (χ0) is 46.7. The number of ether oxygens (including phenoxy) is 8. The van der Waals surface area contributed by atoms with Gasteiger partial charge < -0.3 is 99.2 Å². The first kappa shape index (κ1) is 48.9. The van der Waals surface area contributed by atoms with Crippen LogP contribution in [-0.2, 0) is 37.9 Å². The first-order valence-electron chi connectivity index (χ1n) is 23.7. The molecule has 0 unspecified atom stereocenters. The van der Waals surface area contributed by atoms with Crippen molar-refractivity contribution in [1.29, 1.82) is 0 Å². The van der Waals surface area contributed by atoms with Crippen LogP contribution in [0.5, 0.6) is 0 Å². The van der Waals surface area contributed by atoms with E-state index in [0.29, 0.717) is 31.8 Å². The monoisotopic (exact) mass is 932 g/mol. The summed E-state index contributed by atoms with van der Waals surface area (Å²) < 4.78 is 48.3. The van der Waals surface area contributed by atoms with Crippen LogP contribution < -0.4 is 0 Å². The molecule has 3 saturated carbocycles. The van der Waals surface area contributed by atoms with Gasteiger partial charge in [0, 0.05) is 11.8 Å². The molecule has 0 aromatic carbocycles. The summed E-state index contributed by atoms with van der Waals surface area (Å²) >= 11 is 0. The molecule has 9 rings (SSSR count). The van der Waals surface area contributed by atoms with Gasteiger partial charge in [-0.15, -0.1) is 0 Å². The number of hydrogen-bond acceptors (Lipinski definition) is 20. The first-order chi connectivity index (χ1) is 30.8. The van der Waals surface area contributed by atoms with E-state index in [1.54, 1.807) is 0 Å². The van der Waals surface area contributed by atoms with E-state index in [-0.39, 0.29) is 40.4 Å². The molecule has 0 aromatic rings. The van der Waals surface area contributed by atoms with Crippen LogP contribution in [-0.4, -0.2) is 210 Å². The van der Waals surface area contributed by atoms with Crippen molar-refractivity contribution in [2.24, 2.45) is 46.3 Å². The Bertz CT molecular complexity index is 1710. The molecule has 28 atom stereocenters. The van der Waals surface area contributed by atoms with Gasteiger partial charge in [-0.1, -0.05) is 39.3 Å². The third-order valence-electron chi connectivity index (χ3n) is 17.8. The van der Waals surface area contributed by atoms with E-state index in [2.05, 4.69) is 33.8 Å². The molecule has 12 N–H and O–H groups in total. The predicted octanol–water partition coefficient (Wildman–Crippen LogP) is -2.87. The van der Waals surface area contributed by atoms with E-state index in [1.807, 2.05) is 0 Å². The number of rotatable bonds is 9. The Morgan fingerprint density at radius 3 is 1.92 bits per heavy atom. The Balaban J connectivity index is 0.860. The average Bonchev–Trinajstić information content (AvgIpc) is 3.71. The van der Waals surface area contributed by atoms with Crippen molar-refractivity contribution in [1.82, 2.24) is 0 Å². The van der Waals surface area contributed by atoms with Crippen LogP contribution in [0, 0.1) is 46.3 Å². The molecule has 5 aliphatic heterocycles. The van der Waals surface area contributed by atoms with Crippen molar-refractivity contribution in [3.05, 3.63) is 11.6 Å². The molecule has 0 radical (unpaired) electrons. The fourth-order valence-electron chi connectivity index (χ4n) is 14.3. The largest absolute Gasteiger partial charge is 0.394 e. The van der Waals surface area contributed by atoms with Crippen LogP contribution >= 0.6 is 0 Å². The third-order valence-corrected chi connectivity index (χ3v) is 17.8. The summed E-state index contributed by atoms with van der Waals surface area (Å²) in [5.41, 5.74) is 0.851. The van der Waals surface area contributed by atoms with Gasteiger partial charge in [0.1, 0.15) is 79.4 Å². The van der Waals surface area contributed by atoms with E-state index >= 15 is 0 Å². The minimum absolute atomic E-state index is 0.00796. The maximum absolute atomic E-state index is 12.2. The Hall–Kier alpha value is -1.06. The molecule has 4 aliphatic carbocycles. The van der Waals surface area contributed by atoms with Gasteiger partial charge in [-0.05, 0) is 79.4 Å². The molecule has 20 heteroatoms. The zero-order valence-electron chi connectivity index (χ0n) is 37.4. The lowest BCUT2D eigenvalue weighted by Crippen LogP contribution is -2.67. The number of fused-ring (bicyclic) bond motifs is 7. The highest BCUT2D eigenvalue weighted by atomic mass is 16.8. The van der Waals surface area contributed by atoms with Gasteiger partial charge in [0.2, 0.25) is 0 Å². The maximum atomic E-state index is 12.2. The van der Waals surface area contributed by atoms with Crippen molar-refractivity contribution in [3.8, 4) is 0 Å². The molecule has 5 saturated heterocycles. The van der Waals surface area contributed by atoms with Crippen molar-refractivity contribution in [2.45, 2.75) is 195 Å². The summed E-state index contributed by atoms with van der Waals surface area (Å²) in [5.74, 6) is -0.400. The second-order valence-corrected chi connectivity index (χ2v) is 21.3. The van der Waals surface area contributed by atoms with Crippen molar-refractivity contribution >= 4 is 0 Å². The van der Waals surface area contributed by atoms with E-state index in [4.69, 9.17) is 37.9 Å². The molecule has 9 aliphatic rings. The molecular weight excluding hydrogens is 860 g/mol. The Kier molecular flexibility index (Phi) is 13.8. The van der Waals surface area contributed by atoms with Crippen molar-refractivity contribution in [2.75, 3.05) is 26.4 Å². The third kappa shape index (κ3) is 7.82. The Morgan fingerprint density at radius 1 is 0.646 bits per heavy atom. The van der Waals surface area contributed by atoms with Gasteiger partial charge in [0.05, 0.1) is 44.7 Å². The summed E-state index contributed by atoms with van der Waals surface area (Å²) in [6, 6.07) is 0. The fraction of sp³-hybridized carbons (Fsp3) is 0.956. The van der Waals surface area contributed by atoms with Crippen LogP contribution in [0.1, 0.15) is 72.6 Å². The lowest BCUT2D eigenvalue weighted by molar-refractivity contribution is -0.390. The van der Waals surface area contributed by atoms with Crippen LogP contribution in [0.15, 0.2) is 11.6 Å². The molecule has 5 heterocycles. The van der Waals surface area contributed by atoms with E-state index in [1.165, 1.54) is 5.57 Å². The van der Waals surface area contributed by atoms with Crippen LogP contribution in [0.2, 0.25) is 0 Å². The fourth-order valence-corrected chi connectivity index (χ4v) is 14.3.